The van der Waals surface area contributed by atoms with Gasteiger partial charge in [-0.15, -0.1) is 0 Å². The lowest BCUT2D eigenvalue weighted by Crippen LogP contribution is -2.53. The first kappa shape index (κ1) is 16.6. The van der Waals surface area contributed by atoms with Gasteiger partial charge >= 0.3 is 12.1 Å². The predicted octanol–water partition coefficient (Wildman–Crippen LogP) is 3.37. The molecule has 2 nitrogen and oxygen atoms in total. The maximum atomic E-state index is 12.8. The maximum Gasteiger partial charge on any atom is 0.455 e. The summed E-state index contributed by atoms with van der Waals surface area (Å²) < 4.78 is 66.8. The fourth-order valence-electron chi connectivity index (χ4n) is 2.63. The lowest BCUT2D eigenvalue weighted by Gasteiger charge is -2.44. The zero-order valence-electron chi connectivity index (χ0n) is 11.3. The Hall–Kier alpha value is -0.430. The fraction of sp³-hybridized carbons (Fsp3) is 1.00. The van der Waals surface area contributed by atoms with Crippen molar-refractivity contribution in [3.63, 3.8) is 0 Å². The molecular weight excluding hydrogens is 269 g/mol. The average Bonchev–Trinajstić information content (AvgIpc) is 2.23. The van der Waals surface area contributed by atoms with E-state index in [1.54, 1.807) is 7.05 Å². The SMILES string of the molecule is CNC1C(OCC(F)(F)C(F)(F)F)CCCC1(C)C. The van der Waals surface area contributed by atoms with Gasteiger partial charge in [0.25, 0.3) is 0 Å². The normalized spacial score (nSPS) is 28.4. The Morgan fingerprint density at radius 1 is 1.21 bits per heavy atom. The van der Waals surface area contributed by atoms with Crippen molar-refractivity contribution < 1.29 is 26.7 Å². The zero-order chi connectivity index (χ0) is 14.9. The molecule has 0 radical (unpaired) electrons. The molecule has 1 rings (SSSR count). The second-order valence-electron chi connectivity index (χ2n) is 5.70. The van der Waals surface area contributed by atoms with Crippen LogP contribution in [0.1, 0.15) is 33.1 Å². The van der Waals surface area contributed by atoms with Crippen molar-refractivity contribution in [3.05, 3.63) is 0 Å². The fourth-order valence-corrected chi connectivity index (χ4v) is 2.63. The van der Waals surface area contributed by atoms with Crippen LogP contribution in [0.2, 0.25) is 0 Å². The Morgan fingerprint density at radius 2 is 1.79 bits per heavy atom. The van der Waals surface area contributed by atoms with E-state index in [2.05, 4.69) is 5.32 Å². The van der Waals surface area contributed by atoms with Crippen molar-refractivity contribution in [1.29, 1.82) is 0 Å². The minimum Gasteiger partial charge on any atom is -0.370 e. The van der Waals surface area contributed by atoms with Crippen LogP contribution in [0.3, 0.4) is 0 Å². The second kappa shape index (κ2) is 5.52. The van der Waals surface area contributed by atoms with Crippen molar-refractivity contribution in [1.82, 2.24) is 5.32 Å². The summed E-state index contributed by atoms with van der Waals surface area (Å²) in [7, 11) is 1.66. The number of ether oxygens (including phenoxy) is 1. The molecule has 0 spiro atoms. The lowest BCUT2D eigenvalue weighted by atomic mass is 9.72. The molecular formula is C12H20F5NO. The van der Waals surface area contributed by atoms with Gasteiger partial charge in [-0.3, -0.25) is 0 Å². The van der Waals surface area contributed by atoms with Crippen molar-refractivity contribution >= 4 is 0 Å². The van der Waals surface area contributed by atoms with Crippen molar-refractivity contribution in [2.75, 3.05) is 13.7 Å². The molecule has 1 N–H and O–H groups in total. The van der Waals surface area contributed by atoms with Crippen LogP contribution in [0.25, 0.3) is 0 Å². The molecule has 2 atom stereocenters. The topological polar surface area (TPSA) is 21.3 Å². The van der Waals surface area contributed by atoms with Gasteiger partial charge in [-0.05, 0) is 25.3 Å². The van der Waals surface area contributed by atoms with Crippen LogP contribution in [-0.2, 0) is 4.74 Å². The lowest BCUT2D eigenvalue weighted by molar-refractivity contribution is -0.301. The predicted molar refractivity (Wildman–Crippen MR) is 61.2 cm³/mol. The molecule has 0 aromatic heterocycles. The van der Waals surface area contributed by atoms with Crippen LogP contribution >= 0.6 is 0 Å². The van der Waals surface area contributed by atoms with E-state index in [1.807, 2.05) is 13.8 Å². The van der Waals surface area contributed by atoms with Gasteiger partial charge in [-0.25, -0.2) is 0 Å². The van der Waals surface area contributed by atoms with Gasteiger partial charge in [0, 0.05) is 6.04 Å². The summed E-state index contributed by atoms with van der Waals surface area (Å²) in [6, 6.07) is -0.231. The molecule has 0 heterocycles. The molecule has 0 aliphatic heterocycles. The number of rotatable bonds is 4. The number of nitrogens with one attached hydrogen (secondary N) is 1. The molecule has 0 saturated heterocycles. The summed E-state index contributed by atoms with van der Waals surface area (Å²) in [6.07, 6.45) is -4.06. The summed E-state index contributed by atoms with van der Waals surface area (Å²) in [5, 5.41) is 2.97. The molecule has 0 bridgehead atoms. The first-order valence-corrected chi connectivity index (χ1v) is 6.25. The van der Waals surface area contributed by atoms with Crippen LogP contribution in [0.15, 0.2) is 0 Å². The van der Waals surface area contributed by atoms with Crippen LogP contribution in [0, 0.1) is 5.41 Å². The monoisotopic (exact) mass is 289 g/mol. The highest BCUT2D eigenvalue weighted by molar-refractivity contribution is 4.94. The van der Waals surface area contributed by atoms with Crippen LogP contribution in [0.5, 0.6) is 0 Å². The number of hydrogen-bond donors (Lipinski definition) is 1. The highest BCUT2D eigenvalue weighted by Crippen LogP contribution is 2.39. The summed E-state index contributed by atoms with van der Waals surface area (Å²) in [5.41, 5.74) is -0.189. The molecule has 7 heteroatoms. The second-order valence-corrected chi connectivity index (χ2v) is 5.70. The maximum absolute atomic E-state index is 12.8. The summed E-state index contributed by atoms with van der Waals surface area (Å²) in [4.78, 5) is 0. The van der Waals surface area contributed by atoms with Gasteiger partial charge in [-0.1, -0.05) is 20.3 Å². The number of alkyl halides is 5. The highest BCUT2D eigenvalue weighted by Gasteiger charge is 2.58. The quantitative estimate of drug-likeness (QED) is 0.801. The average molecular weight is 289 g/mol. The smallest absolute Gasteiger partial charge is 0.370 e. The van der Waals surface area contributed by atoms with E-state index < -0.39 is 24.8 Å². The van der Waals surface area contributed by atoms with E-state index in [9.17, 15) is 22.0 Å². The van der Waals surface area contributed by atoms with Crippen LogP contribution in [0.4, 0.5) is 22.0 Å². The standard InChI is InChI=1S/C12H20F5NO/c1-10(2)6-4-5-8(9(10)18-3)19-7-11(13,14)12(15,16)17/h8-9,18H,4-7H2,1-3H3. The first-order chi connectivity index (χ1) is 8.51. The largest absolute Gasteiger partial charge is 0.455 e. The molecule has 1 aliphatic rings. The van der Waals surface area contributed by atoms with Crippen molar-refractivity contribution in [2.45, 2.75) is 57.4 Å². The Kier molecular flexibility index (Phi) is 4.83. The number of likely N-dealkylation sites (N-methyl/N-ethyl adjacent to an activating group) is 1. The number of halogens is 5. The van der Waals surface area contributed by atoms with Crippen molar-refractivity contribution in [2.24, 2.45) is 5.41 Å². The molecule has 114 valence electrons. The van der Waals surface area contributed by atoms with Crippen LogP contribution in [-0.4, -0.2) is 37.9 Å². The molecule has 0 aromatic carbocycles. The van der Waals surface area contributed by atoms with E-state index in [0.717, 1.165) is 12.8 Å². The van der Waals surface area contributed by atoms with Gasteiger partial charge in [0.1, 0.15) is 6.61 Å². The summed E-state index contributed by atoms with van der Waals surface area (Å²) >= 11 is 0. The molecule has 0 amide bonds. The Bertz CT molecular complexity index is 303. The molecule has 0 aromatic rings. The first-order valence-electron chi connectivity index (χ1n) is 6.25. The van der Waals surface area contributed by atoms with E-state index in [-0.39, 0.29) is 11.5 Å². The van der Waals surface area contributed by atoms with Gasteiger partial charge in [-0.2, -0.15) is 22.0 Å². The number of hydrogen-bond acceptors (Lipinski definition) is 2. The van der Waals surface area contributed by atoms with E-state index in [1.165, 1.54) is 0 Å². The summed E-state index contributed by atoms with van der Waals surface area (Å²) in [6.45, 7) is 2.28. The van der Waals surface area contributed by atoms with Gasteiger partial charge < -0.3 is 10.1 Å². The minimum atomic E-state index is -5.56. The third-order valence-electron chi connectivity index (χ3n) is 3.73. The molecule has 1 aliphatic carbocycles. The van der Waals surface area contributed by atoms with Crippen molar-refractivity contribution in [3.8, 4) is 0 Å². The Morgan fingerprint density at radius 3 is 2.26 bits per heavy atom. The van der Waals surface area contributed by atoms with Gasteiger partial charge in [0.05, 0.1) is 6.10 Å². The molecule has 1 saturated carbocycles. The van der Waals surface area contributed by atoms with Crippen LogP contribution < -0.4 is 5.32 Å². The third-order valence-corrected chi connectivity index (χ3v) is 3.73. The minimum absolute atomic E-state index is 0.189. The highest BCUT2D eigenvalue weighted by atomic mass is 19.4. The summed E-state index contributed by atoms with van der Waals surface area (Å²) in [5.74, 6) is -4.80. The van der Waals surface area contributed by atoms with Gasteiger partial charge in [0.2, 0.25) is 0 Å². The molecule has 19 heavy (non-hydrogen) atoms. The Labute approximate surface area is 109 Å². The van der Waals surface area contributed by atoms with E-state index in [0.29, 0.717) is 6.42 Å². The van der Waals surface area contributed by atoms with Gasteiger partial charge in [0.15, 0.2) is 0 Å². The third kappa shape index (κ3) is 3.78. The zero-order valence-corrected chi connectivity index (χ0v) is 11.3. The van der Waals surface area contributed by atoms with E-state index >= 15 is 0 Å². The molecule has 2 unspecified atom stereocenters. The molecule has 1 fully saturated rings. The van der Waals surface area contributed by atoms with E-state index in [4.69, 9.17) is 4.74 Å². The Balaban J connectivity index is 2.66.